The summed E-state index contributed by atoms with van der Waals surface area (Å²) >= 11 is 6.26. The summed E-state index contributed by atoms with van der Waals surface area (Å²) in [5, 5.41) is 3.52. The first kappa shape index (κ1) is 23.4. The van der Waals surface area contributed by atoms with Crippen molar-refractivity contribution in [2.45, 2.75) is 38.8 Å². The molecule has 0 aliphatic carbocycles. The number of nitrogens with zero attached hydrogens (tertiary/aromatic N) is 3. The van der Waals surface area contributed by atoms with Gasteiger partial charge in [-0.2, -0.15) is 4.98 Å². The summed E-state index contributed by atoms with van der Waals surface area (Å²) < 4.78 is 12.2. The number of aryl methyl sites for hydroxylation is 1. The third-order valence-corrected chi connectivity index (χ3v) is 7.43. The Bertz CT molecular complexity index is 1130. The molecule has 2 aliphatic heterocycles. The molecule has 2 atom stereocenters. The lowest BCUT2D eigenvalue weighted by molar-refractivity contribution is 0.0968. The van der Waals surface area contributed by atoms with Gasteiger partial charge in [-0.15, -0.1) is 0 Å². The van der Waals surface area contributed by atoms with E-state index in [2.05, 4.69) is 15.2 Å². The van der Waals surface area contributed by atoms with Crippen LogP contribution in [0.4, 0.5) is 16.6 Å². The predicted molar refractivity (Wildman–Crippen MR) is 128 cm³/mol. The van der Waals surface area contributed by atoms with Crippen molar-refractivity contribution in [1.29, 1.82) is 0 Å². The fourth-order valence-corrected chi connectivity index (χ4v) is 5.13. The molecule has 1 aromatic heterocycles. The maximum Gasteiger partial charge on any atom is 0.407 e. The second-order valence-electron chi connectivity index (χ2n) is 8.98. The van der Waals surface area contributed by atoms with Crippen LogP contribution in [0.15, 0.2) is 23.0 Å². The van der Waals surface area contributed by atoms with Crippen molar-refractivity contribution in [2.75, 3.05) is 37.4 Å². The first-order valence-electron chi connectivity index (χ1n) is 11.0. The van der Waals surface area contributed by atoms with Gasteiger partial charge in [0, 0.05) is 30.6 Å². The molecule has 178 valence electrons. The number of alkyl carbamates (subject to hydrolysis) is 1. The number of ether oxygens (including phenoxy) is 2. The number of amides is 1. The topological polar surface area (TPSA) is 112 Å². The molecule has 2 saturated heterocycles. The standard InChI is InChI=1S/C23H30ClN5O4/c1-13-5-6-15(11-16(13)24)17-19(25)27-21(28(3)20(17)30)29-9-7-23(8-10-29)12-33-14(2)18(23)26-22(31)32-4/h5-6,11,14,18H,7-10,12,25H2,1-4H3,(H,26,31)/t14-,18+/m0/s1. The number of piperidine rings is 1. The Morgan fingerprint density at radius 1 is 1.36 bits per heavy atom. The van der Waals surface area contributed by atoms with Gasteiger partial charge >= 0.3 is 6.09 Å². The average molecular weight is 476 g/mol. The molecule has 0 saturated carbocycles. The quantitative estimate of drug-likeness (QED) is 0.701. The Morgan fingerprint density at radius 2 is 2.06 bits per heavy atom. The number of methoxy groups -OCH3 is 1. The zero-order valence-corrected chi connectivity index (χ0v) is 20.1. The van der Waals surface area contributed by atoms with Gasteiger partial charge in [0.15, 0.2) is 0 Å². The second-order valence-corrected chi connectivity index (χ2v) is 9.39. The van der Waals surface area contributed by atoms with E-state index in [9.17, 15) is 9.59 Å². The highest BCUT2D eigenvalue weighted by Crippen LogP contribution is 2.43. The van der Waals surface area contributed by atoms with Gasteiger partial charge in [0.25, 0.3) is 5.56 Å². The van der Waals surface area contributed by atoms with Crippen LogP contribution in [0.1, 0.15) is 25.3 Å². The minimum Gasteiger partial charge on any atom is -0.453 e. The minimum atomic E-state index is -0.456. The molecule has 1 amide bonds. The third kappa shape index (κ3) is 4.15. The maximum atomic E-state index is 13.2. The van der Waals surface area contributed by atoms with E-state index in [1.54, 1.807) is 13.1 Å². The van der Waals surface area contributed by atoms with Crippen molar-refractivity contribution in [3.63, 3.8) is 0 Å². The lowest BCUT2D eigenvalue weighted by Crippen LogP contribution is -2.54. The van der Waals surface area contributed by atoms with E-state index in [-0.39, 0.29) is 28.9 Å². The molecule has 10 heteroatoms. The van der Waals surface area contributed by atoms with Crippen molar-refractivity contribution in [3.8, 4) is 11.1 Å². The van der Waals surface area contributed by atoms with E-state index in [4.69, 9.17) is 26.8 Å². The number of carbonyl (C=O) groups is 1. The summed E-state index contributed by atoms with van der Waals surface area (Å²) in [6.07, 6.45) is 0.992. The van der Waals surface area contributed by atoms with E-state index in [1.807, 2.05) is 26.0 Å². The fourth-order valence-electron chi connectivity index (χ4n) is 4.95. The second kappa shape index (κ2) is 8.87. The maximum absolute atomic E-state index is 13.2. The van der Waals surface area contributed by atoms with Gasteiger partial charge in [-0.1, -0.05) is 23.7 Å². The number of carbonyl (C=O) groups excluding carboxylic acids is 1. The number of hydrogen-bond acceptors (Lipinski definition) is 7. The van der Waals surface area contributed by atoms with Crippen LogP contribution in [0.3, 0.4) is 0 Å². The molecule has 2 aliphatic rings. The summed E-state index contributed by atoms with van der Waals surface area (Å²) in [6.45, 7) is 5.75. The number of halogens is 1. The van der Waals surface area contributed by atoms with Gasteiger partial charge in [-0.05, 0) is 43.9 Å². The van der Waals surface area contributed by atoms with Gasteiger partial charge in [-0.25, -0.2) is 4.79 Å². The molecule has 0 bridgehead atoms. The number of benzene rings is 1. The molecular formula is C23H30ClN5O4. The van der Waals surface area contributed by atoms with Gasteiger partial charge in [0.05, 0.1) is 31.4 Å². The minimum absolute atomic E-state index is 0.102. The van der Waals surface area contributed by atoms with Gasteiger partial charge in [-0.3, -0.25) is 9.36 Å². The molecule has 3 heterocycles. The van der Waals surface area contributed by atoms with Crippen LogP contribution in [0.5, 0.6) is 0 Å². The van der Waals surface area contributed by atoms with Crippen molar-refractivity contribution in [2.24, 2.45) is 12.5 Å². The van der Waals surface area contributed by atoms with E-state index in [0.717, 1.165) is 18.4 Å². The van der Waals surface area contributed by atoms with E-state index >= 15 is 0 Å². The summed E-state index contributed by atoms with van der Waals surface area (Å²) in [5.41, 5.74) is 7.78. The molecule has 9 nitrogen and oxygen atoms in total. The SMILES string of the molecule is COC(=O)N[C@@H]1[C@H](C)OCC12CCN(c1nc(N)c(-c3ccc(C)c(Cl)c3)c(=O)n1C)CC2. The van der Waals surface area contributed by atoms with Crippen molar-refractivity contribution in [3.05, 3.63) is 39.1 Å². The van der Waals surface area contributed by atoms with Crippen LogP contribution >= 0.6 is 11.6 Å². The number of nitrogens with two attached hydrogens (primary N) is 1. The highest BCUT2D eigenvalue weighted by atomic mass is 35.5. The van der Waals surface area contributed by atoms with E-state index < -0.39 is 6.09 Å². The number of anilines is 2. The normalized spacial score (nSPS) is 21.9. The number of hydrogen-bond donors (Lipinski definition) is 2. The highest BCUT2D eigenvalue weighted by Gasteiger charge is 2.50. The molecule has 4 rings (SSSR count). The zero-order chi connectivity index (χ0) is 23.9. The number of nitrogens with one attached hydrogen (secondary N) is 1. The average Bonchev–Trinajstić information content (AvgIpc) is 3.09. The number of nitrogen functional groups attached to an aromatic ring is 1. The predicted octanol–water partition coefficient (Wildman–Crippen LogP) is 2.72. The fraction of sp³-hybridized carbons (Fsp3) is 0.522. The number of rotatable bonds is 3. The van der Waals surface area contributed by atoms with Crippen LogP contribution in [0.2, 0.25) is 5.02 Å². The highest BCUT2D eigenvalue weighted by molar-refractivity contribution is 6.31. The zero-order valence-electron chi connectivity index (χ0n) is 19.4. The van der Waals surface area contributed by atoms with E-state index in [1.165, 1.54) is 11.7 Å². The molecular weight excluding hydrogens is 446 g/mol. The van der Waals surface area contributed by atoms with Crippen LogP contribution in [-0.4, -0.2) is 54.6 Å². The smallest absolute Gasteiger partial charge is 0.407 e. The summed E-state index contributed by atoms with van der Waals surface area (Å²) in [5.74, 6) is 0.704. The molecule has 2 aromatic rings. The molecule has 3 N–H and O–H groups in total. The van der Waals surface area contributed by atoms with Crippen molar-refractivity contribution in [1.82, 2.24) is 14.9 Å². The first-order chi connectivity index (χ1) is 15.7. The molecule has 0 radical (unpaired) electrons. The van der Waals surface area contributed by atoms with E-state index in [0.29, 0.717) is 41.8 Å². The Morgan fingerprint density at radius 3 is 2.70 bits per heavy atom. The molecule has 1 aromatic carbocycles. The van der Waals surface area contributed by atoms with Crippen molar-refractivity contribution < 1.29 is 14.3 Å². The lowest BCUT2D eigenvalue weighted by atomic mass is 9.73. The largest absolute Gasteiger partial charge is 0.453 e. The molecule has 2 fully saturated rings. The molecule has 33 heavy (non-hydrogen) atoms. The van der Waals surface area contributed by atoms with Gasteiger partial charge in [0.2, 0.25) is 5.95 Å². The summed E-state index contributed by atoms with van der Waals surface area (Å²) in [4.78, 5) is 31.8. The number of aromatic nitrogens is 2. The summed E-state index contributed by atoms with van der Waals surface area (Å²) in [6, 6.07) is 5.29. The lowest BCUT2D eigenvalue weighted by Gasteiger charge is -2.42. The Balaban J connectivity index is 1.58. The monoisotopic (exact) mass is 475 g/mol. The van der Waals surface area contributed by atoms with Crippen LogP contribution in [0, 0.1) is 12.3 Å². The van der Waals surface area contributed by atoms with Gasteiger partial charge < -0.3 is 25.4 Å². The first-order valence-corrected chi connectivity index (χ1v) is 11.4. The molecule has 1 spiro atoms. The van der Waals surface area contributed by atoms with Crippen LogP contribution < -0.4 is 21.5 Å². The third-order valence-electron chi connectivity index (χ3n) is 7.02. The molecule has 0 unspecified atom stereocenters. The van der Waals surface area contributed by atoms with Crippen LogP contribution in [0.25, 0.3) is 11.1 Å². The Kier molecular flexibility index (Phi) is 6.28. The van der Waals surface area contributed by atoms with Crippen LogP contribution in [-0.2, 0) is 16.5 Å². The van der Waals surface area contributed by atoms with Gasteiger partial charge in [0.1, 0.15) is 5.82 Å². The summed E-state index contributed by atoms with van der Waals surface area (Å²) in [7, 11) is 3.06. The Labute approximate surface area is 197 Å². The Hall–Kier alpha value is -2.78. The van der Waals surface area contributed by atoms with Crippen molar-refractivity contribution >= 4 is 29.5 Å².